The van der Waals surface area contributed by atoms with Crippen LogP contribution in [-0.2, 0) is 0 Å². The lowest BCUT2D eigenvalue weighted by Crippen LogP contribution is -1.88. The molecule has 0 aliphatic heterocycles. The van der Waals surface area contributed by atoms with Crippen molar-refractivity contribution in [1.82, 2.24) is 4.98 Å². The van der Waals surface area contributed by atoms with Crippen molar-refractivity contribution in [2.45, 2.75) is 6.92 Å². The lowest BCUT2D eigenvalue weighted by molar-refractivity contribution is 0.415. The van der Waals surface area contributed by atoms with Crippen molar-refractivity contribution in [3.8, 4) is 5.75 Å². The zero-order chi connectivity index (χ0) is 10.1. The minimum Gasteiger partial charge on any atom is -0.497 e. The molecule has 0 unspecified atom stereocenters. The third kappa shape index (κ3) is 1.56. The van der Waals surface area contributed by atoms with Gasteiger partial charge in [0.1, 0.15) is 5.75 Å². The van der Waals surface area contributed by atoms with Gasteiger partial charge in [0, 0.05) is 26.7 Å². The van der Waals surface area contributed by atoms with Crippen LogP contribution in [0.25, 0.3) is 10.8 Å². The van der Waals surface area contributed by atoms with Crippen molar-refractivity contribution < 1.29 is 4.74 Å². The first kappa shape index (κ1) is 9.71. The fraction of sp³-hybridized carbons (Fsp3) is 0.182. The molecule has 14 heavy (non-hydrogen) atoms. The Kier molecular flexibility index (Phi) is 2.58. The second-order valence-corrected chi connectivity index (χ2v) is 4.32. The largest absolute Gasteiger partial charge is 0.497 e. The van der Waals surface area contributed by atoms with Gasteiger partial charge in [-0.05, 0) is 47.2 Å². The molecule has 0 aliphatic rings. The van der Waals surface area contributed by atoms with Crippen LogP contribution >= 0.6 is 22.6 Å². The number of hydrogen-bond donors (Lipinski definition) is 0. The number of methoxy groups -OCH3 is 1. The lowest BCUT2D eigenvalue weighted by Gasteiger charge is -2.06. The summed E-state index contributed by atoms with van der Waals surface area (Å²) >= 11 is 2.29. The van der Waals surface area contributed by atoms with Crippen LogP contribution in [0.2, 0.25) is 0 Å². The lowest BCUT2D eigenvalue weighted by atomic mass is 10.1. The zero-order valence-corrected chi connectivity index (χ0v) is 10.2. The van der Waals surface area contributed by atoms with Gasteiger partial charge in [0.25, 0.3) is 0 Å². The average molecular weight is 299 g/mol. The summed E-state index contributed by atoms with van der Waals surface area (Å²) in [5, 5.41) is 2.40. The number of fused-ring (bicyclic) bond motifs is 1. The fourth-order valence-electron chi connectivity index (χ4n) is 1.50. The molecular formula is C11H10INO. The summed E-state index contributed by atoms with van der Waals surface area (Å²) in [6, 6.07) is 4.08. The summed E-state index contributed by atoms with van der Waals surface area (Å²) in [5.41, 5.74) is 1.20. The van der Waals surface area contributed by atoms with Crippen molar-refractivity contribution in [3.05, 3.63) is 33.7 Å². The molecule has 0 saturated heterocycles. The predicted octanol–water partition coefficient (Wildman–Crippen LogP) is 3.16. The maximum absolute atomic E-state index is 5.23. The second kappa shape index (κ2) is 3.73. The van der Waals surface area contributed by atoms with E-state index in [4.69, 9.17) is 4.74 Å². The highest BCUT2D eigenvalue weighted by molar-refractivity contribution is 14.1. The van der Waals surface area contributed by atoms with E-state index in [0.29, 0.717) is 0 Å². The number of rotatable bonds is 1. The molecule has 0 bridgehead atoms. The van der Waals surface area contributed by atoms with Gasteiger partial charge < -0.3 is 4.74 Å². The molecule has 0 N–H and O–H groups in total. The normalized spacial score (nSPS) is 10.5. The van der Waals surface area contributed by atoms with Crippen LogP contribution < -0.4 is 4.74 Å². The Morgan fingerprint density at radius 2 is 2.00 bits per heavy atom. The number of aryl methyl sites for hydroxylation is 1. The summed E-state index contributed by atoms with van der Waals surface area (Å²) < 4.78 is 6.39. The summed E-state index contributed by atoms with van der Waals surface area (Å²) in [5.74, 6) is 0.902. The Bertz CT molecular complexity index is 482. The van der Waals surface area contributed by atoms with Gasteiger partial charge in [0.2, 0.25) is 0 Å². The van der Waals surface area contributed by atoms with Crippen LogP contribution in [0.1, 0.15) is 5.56 Å². The van der Waals surface area contributed by atoms with E-state index in [0.717, 1.165) is 9.32 Å². The summed E-state index contributed by atoms with van der Waals surface area (Å²) in [6.07, 6.45) is 3.76. The number of ether oxygens (including phenoxy) is 1. The maximum atomic E-state index is 5.23. The molecule has 1 aromatic carbocycles. The van der Waals surface area contributed by atoms with Crippen LogP contribution in [0.4, 0.5) is 0 Å². The fourth-order valence-corrected chi connectivity index (χ4v) is 2.11. The van der Waals surface area contributed by atoms with E-state index in [1.54, 1.807) is 7.11 Å². The van der Waals surface area contributed by atoms with Crippen LogP contribution in [-0.4, -0.2) is 12.1 Å². The van der Waals surface area contributed by atoms with Crippen LogP contribution in [0.5, 0.6) is 5.75 Å². The number of aromatic nitrogens is 1. The van der Waals surface area contributed by atoms with Gasteiger partial charge >= 0.3 is 0 Å². The highest BCUT2D eigenvalue weighted by atomic mass is 127. The second-order valence-electron chi connectivity index (χ2n) is 3.16. The van der Waals surface area contributed by atoms with Crippen molar-refractivity contribution in [2.24, 2.45) is 0 Å². The number of hydrogen-bond acceptors (Lipinski definition) is 2. The van der Waals surface area contributed by atoms with Gasteiger partial charge in [-0.1, -0.05) is 0 Å². The number of halogens is 1. The molecule has 0 amide bonds. The molecule has 3 heteroatoms. The average Bonchev–Trinajstić information content (AvgIpc) is 2.19. The standard InChI is InChI=1S/C11H10INO/c1-7-3-8(14-2)4-9-10(7)5-13-6-11(9)12/h3-6H,1-2H3. The van der Waals surface area contributed by atoms with E-state index in [1.807, 2.05) is 24.5 Å². The van der Waals surface area contributed by atoms with Gasteiger partial charge in [0.15, 0.2) is 0 Å². The first-order valence-corrected chi connectivity index (χ1v) is 5.38. The molecule has 0 saturated carbocycles. The number of nitrogens with zero attached hydrogens (tertiary/aromatic N) is 1. The van der Waals surface area contributed by atoms with Crippen LogP contribution in [0, 0.1) is 10.5 Å². The van der Waals surface area contributed by atoms with Gasteiger partial charge in [-0.3, -0.25) is 4.98 Å². The highest BCUT2D eigenvalue weighted by Gasteiger charge is 2.04. The van der Waals surface area contributed by atoms with Crippen molar-refractivity contribution in [3.63, 3.8) is 0 Å². The zero-order valence-electron chi connectivity index (χ0n) is 8.04. The Hall–Kier alpha value is -0.840. The first-order chi connectivity index (χ1) is 6.72. The molecular weight excluding hydrogens is 289 g/mol. The molecule has 1 heterocycles. The molecule has 0 aliphatic carbocycles. The molecule has 2 aromatic rings. The smallest absolute Gasteiger partial charge is 0.119 e. The Morgan fingerprint density at radius 3 is 2.71 bits per heavy atom. The molecule has 0 fully saturated rings. The SMILES string of the molecule is COc1cc(C)c2cncc(I)c2c1. The summed E-state index contributed by atoms with van der Waals surface area (Å²) in [4.78, 5) is 4.18. The van der Waals surface area contributed by atoms with Gasteiger partial charge in [-0.2, -0.15) is 0 Å². The van der Waals surface area contributed by atoms with E-state index in [1.165, 1.54) is 16.3 Å². The number of benzene rings is 1. The molecule has 2 nitrogen and oxygen atoms in total. The minimum absolute atomic E-state index is 0.902. The predicted molar refractivity (Wildman–Crippen MR) is 65.7 cm³/mol. The van der Waals surface area contributed by atoms with E-state index >= 15 is 0 Å². The third-order valence-corrected chi connectivity index (χ3v) is 3.10. The van der Waals surface area contributed by atoms with E-state index < -0.39 is 0 Å². The quantitative estimate of drug-likeness (QED) is 0.755. The Balaban J connectivity index is 2.83. The molecule has 72 valence electrons. The van der Waals surface area contributed by atoms with Gasteiger partial charge in [-0.25, -0.2) is 0 Å². The number of pyridine rings is 1. The monoisotopic (exact) mass is 299 g/mol. The van der Waals surface area contributed by atoms with Gasteiger partial charge in [0.05, 0.1) is 7.11 Å². The summed E-state index contributed by atoms with van der Waals surface area (Å²) in [6.45, 7) is 2.07. The maximum Gasteiger partial charge on any atom is 0.119 e. The Morgan fingerprint density at radius 1 is 1.21 bits per heavy atom. The third-order valence-electron chi connectivity index (χ3n) is 2.24. The van der Waals surface area contributed by atoms with Gasteiger partial charge in [-0.15, -0.1) is 0 Å². The Labute approximate surface area is 96.4 Å². The molecule has 1 aromatic heterocycles. The highest BCUT2D eigenvalue weighted by Crippen LogP contribution is 2.27. The van der Waals surface area contributed by atoms with E-state index in [9.17, 15) is 0 Å². The van der Waals surface area contributed by atoms with E-state index in [2.05, 4.69) is 34.5 Å². The molecule has 2 rings (SSSR count). The first-order valence-electron chi connectivity index (χ1n) is 4.30. The minimum atomic E-state index is 0.902. The van der Waals surface area contributed by atoms with Crippen LogP contribution in [0.3, 0.4) is 0 Å². The van der Waals surface area contributed by atoms with E-state index in [-0.39, 0.29) is 0 Å². The van der Waals surface area contributed by atoms with Crippen LogP contribution in [0.15, 0.2) is 24.5 Å². The molecule has 0 spiro atoms. The molecule has 0 radical (unpaired) electrons. The molecule has 0 atom stereocenters. The summed E-state index contributed by atoms with van der Waals surface area (Å²) in [7, 11) is 1.69. The van der Waals surface area contributed by atoms with Crippen molar-refractivity contribution in [1.29, 1.82) is 0 Å². The van der Waals surface area contributed by atoms with Crippen molar-refractivity contribution in [2.75, 3.05) is 7.11 Å². The van der Waals surface area contributed by atoms with Crippen molar-refractivity contribution >= 4 is 33.4 Å². The topological polar surface area (TPSA) is 22.1 Å².